The quantitative estimate of drug-likeness (QED) is 0.139. The molecule has 2 aromatic heterocycles. The first-order chi connectivity index (χ1) is 41.9. The van der Waals surface area contributed by atoms with Crippen LogP contribution in [0, 0.1) is 0 Å². The van der Waals surface area contributed by atoms with E-state index >= 15 is 0 Å². The van der Waals surface area contributed by atoms with E-state index in [0.29, 0.717) is 0 Å². The Morgan fingerprint density at radius 2 is 0.682 bits per heavy atom. The molecule has 0 atom stereocenters. The van der Waals surface area contributed by atoms with Crippen molar-refractivity contribution < 1.29 is 0 Å². The molecule has 0 N–H and O–H groups in total. The van der Waals surface area contributed by atoms with Gasteiger partial charge in [-0.25, -0.2) is 0 Å². The number of rotatable bonds is 9. The van der Waals surface area contributed by atoms with Crippen molar-refractivity contribution >= 4 is 80.1 Å². The lowest BCUT2D eigenvalue weighted by atomic mass is 9.67. The predicted octanol–water partition coefficient (Wildman–Crippen LogP) is 23.2. The van der Waals surface area contributed by atoms with Crippen molar-refractivity contribution in [2.45, 2.75) is 24.7 Å². The minimum atomic E-state index is -0.629. The SMILES string of the molecule is CC1(C)c2ccccc2-c2ccc(N(c3ccc(-c4ccccc4)cc3)c3ccc(-c4cccc5c4-c4ccccc4C5(c4ccc(-c5cccc6c5sc5ccccc56)cc4)c4ccc(-c5cccc6c5sc5ccccc56)cc4)cc3)cc21. The lowest BCUT2D eigenvalue weighted by molar-refractivity contribution is 0.660. The summed E-state index contributed by atoms with van der Waals surface area (Å²) in [5, 5.41) is 5.26. The van der Waals surface area contributed by atoms with Crippen LogP contribution in [0.4, 0.5) is 17.1 Å². The fourth-order valence-corrected chi connectivity index (χ4v) is 17.1. The summed E-state index contributed by atoms with van der Waals surface area (Å²) in [4.78, 5) is 2.43. The second-order valence-electron chi connectivity index (χ2n) is 23.4. The molecule has 0 unspecified atom stereocenters. The van der Waals surface area contributed by atoms with Gasteiger partial charge in [0, 0.05) is 62.8 Å². The first-order valence-electron chi connectivity index (χ1n) is 29.5. The molecule has 0 bridgehead atoms. The predicted molar refractivity (Wildman–Crippen MR) is 364 cm³/mol. The second-order valence-corrected chi connectivity index (χ2v) is 25.5. The van der Waals surface area contributed by atoms with Crippen LogP contribution in [0.25, 0.3) is 107 Å². The van der Waals surface area contributed by atoms with Crippen molar-refractivity contribution in [3.05, 3.63) is 331 Å². The van der Waals surface area contributed by atoms with Crippen molar-refractivity contribution in [1.82, 2.24) is 0 Å². The molecule has 0 fully saturated rings. The molecule has 2 aliphatic carbocycles. The maximum absolute atomic E-state index is 2.43. The Hall–Kier alpha value is -9.90. The molecule has 15 aromatic rings. The third kappa shape index (κ3) is 7.60. The van der Waals surface area contributed by atoms with Crippen LogP contribution in [0.5, 0.6) is 0 Å². The average Bonchev–Trinajstić information content (AvgIpc) is 4.19. The van der Waals surface area contributed by atoms with Gasteiger partial charge in [0.2, 0.25) is 0 Å². The van der Waals surface area contributed by atoms with Crippen molar-refractivity contribution in [3.8, 4) is 66.8 Å². The van der Waals surface area contributed by atoms with E-state index in [9.17, 15) is 0 Å². The average molecular weight is 1120 g/mol. The van der Waals surface area contributed by atoms with E-state index in [2.05, 4.69) is 316 Å². The van der Waals surface area contributed by atoms with Crippen LogP contribution in [-0.2, 0) is 10.8 Å². The van der Waals surface area contributed by atoms with Crippen LogP contribution < -0.4 is 4.90 Å². The van der Waals surface area contributed by atoms with Crippen LogP contribution in [-0.4, -0.2) is 0 Å². The standard InChI is InChI=1S/C82H55NS2/c1-81(2)72-28-10-6-19-65(72)66-50-49-61(51-75(66)81)83(59-45-37-53(38-46-59)52-17-4-3-5-18-52)60-47-39-54(40-48-60)62-23-16-30-74-78(62)71-22-7-11-29-73(71)82(74,57-41-33-55(34-42-57)63-24-14-26-69-67-20-8-12-31-76(67)84-79(63)69)58-43-35-56(36-44-58)64-25-15-27-70-68-21-9-13-32-77(68)85-80(64)70/h3-51H,1-2H3. The van der Waals surface area contributed by atoms with Crippen LogP contribution in [0.1, 0.15) is 47.2 Å². The third-order valence-corrected chi connectivity index (χ3v) is 21.1. The number of hydrogen-bond donors (Lipinski definition) is 0. The Balaban J connectivity index is 0.816. The van der Waals surface area contributed by atoms with Gasteiger partial charge in [0.05, 0.1) is 5.41 Å². The van der Waals surface area contributed by atoms with Crippen LogP contribution >= 0.6 is 22.7 Å². The van der Waals surface area contributed by atoms with E-state index in [0.717, 1.165) is 17.1 Å². The summed E-state index contributed by atoms with van der Waals surface area (Å²) in [5.41, 5.74) is 25.3. The minimum Gasteiger partial charge on any atom is -0.310 e. The highest BCUT2D eigenvalue weighted by Crippen LogP contribution is 2.59. The molecule has 0 saturated carbocycles. The Kier molecular flexibility index (Phi) is 11.3. The molecule has 2 aliphatic rings. The molecule has 0 amide bonds. The summed E-state index contributed by atoms with van der Waals surface area (Å²) >= 11 is 3.78. The van der Waals surface area contributed by atoms with E-state index in [1.807, 2.05) is 22.7 Å². The van der Waals surface area contributed by atoms with Gasteiger partial charge in [0.1, 0.15) is 0 Å². The highest BCUT2D eigenvalue weighted by atomic mass is 32.1. The summed E-state index contributed by atoms with van der Waals surface area (Å²) in [6.07, 6.45) is 0. The molecule has 0 radical (unpaired) electrons. The van der Waals surface area contributed by atoms with E-state index in [4.69, 9.17) is 0 Å². The van der Waals surface area contributed by atoms with Gasteiger partial charge < -0.3 is 4.90 Å². The number of hydrogen-bond acceptors (Lipinski definition) is 3. The second kappa shape index (κ2) is 19.3. The monoisotopic (exact) mass is 1120 g/mol. The topological polar surface area (TPSA) is 3.24 Å². The fourth-order valence-electron chi connectivity index (χ4n) is 14.6. The van der Waals surface area contributed by atoms with Gasteiger partial charge in [-0.05, 0) is 149 Å². The summed E-state index contributed by atoms with van der Waals surface area (Å²) < 4.78 is 5.29. The van der Waals surface area contributed by atoms with Crippen molar-refractivity contribution in [2.75, 3.05) is 4.90 Å². The molecular formula is C82H55NS2. The zero-order valence-electron chi connectivity index (χ0n) is 47.1. The zero-order chi connectivity index (χ0) is 56.4. The van der Waals surface area contributed by atoms with Gasteiger partial charge >= 0.3 is 0 Å². The van der Waals surface area contributed by atoms with Gasteiger partial charge in [-0.2, -0.15) is 0 Å². The third-order valence-electron chi connectivity index (χ3n) is 18.6. The van der Waals surface area contributed by atoms with Gasteiger partial charge in [-0.3, -0.25) is 0 Å². The largest absolute Gasteiger partial charge is 0.310 e. The van der Waals surface area contributed by atoms with Gasteiger partial charge in [-0.1, -0.05) is 263 Å². The molecule has 0 spiro atoms. The molecule has 400 valence electrons. The molecule has 2 heterocycles. The van der Waals surface area contributed by atoms with Crippen LogP contribution in [0.15, 0.2) is 297 Å². The Morgan fingerprint density at radius 3 is 1.29 bits per heavy atom. The van der Waals surface area contributed by atoms with Crippen LogP contribution in [0.2, 0.25) is 0 Å². The molecule has 85 heavy (non-hydrogen) atoms. The maximum Gasteiger partial charge on any atom is 0.0713 e. The Labute approximate surface area is 503 Å². The number of fused-ring (bicyclic) bond motifs is 12. The van der Waals surface area contributed by atoms with Crippen molar-refractivity contribution in [3.63, 3.8) is 0 Å². The van der Waals surface area contributed by atoms with E-state index in [-0.39, 0.29) is 5.41 Å². The van der Waals surface area contributed by atoms with Gasteiger partial charge in [0.15, 0.2) is 0 Å². The summed E-state index contributed by atoms with van der Waals surface area (Å²) in [6.45, 7) is 4.74. The molecule has 17 rings (SSSR count). The molecule has 13 aromatic carbocycles. The molecule has 1 nitrogen and oxygen atoms in total. The highest BCUT2D eigenvalue weighted by molar-refractivity contribution is 7.26. The highest BCUT2D eigenvalue weighted by Gasteiger charge is 2.47. The smallest absolute Gasteiger partial charge is 0.0713 e. The van der Waals surface area contributed by atoms with E-state index in [1.54, 1.807) is 0 Å². The molecular weight excluding hydrogens is 1060 g/mol. The number of benzene rings is 13. The minimum absolute atomic E-state index is 0.138. The lowest BCUT2D eigenvalue weighted by Gasteiger charge is -2.34. The maximum atomic E-state index is 2.43. The number of anilines is 3. The Bertz CT molecular complexity index is 4960. The first kappa shape index (κ1) is 49.7. The van der Waals surface area contributed by atoms with Gasteiger partial charge in [0.25, 0.3) is 0 Å². The van der Waals surface area contributed by atoms with Crippen molar-refractivity contribution in [2.24, 2.45) is 0 Å². The molecule has 3 heteroatoms. The summed E-state index contributed by atoms with van der Waals surface area (Å²) in [6, 6.07) is 112. The van der Waals surface area contributed by atoms with Crippen molar-refractivity contribution in [1.29, 1.82) is 0 Å². The number of nitrogens with zero attached hydrogens (tertiary/aromatic N) is 1. The number of thiophene rings is 2. The van der Waals surface area contributed by atoms with E-state index in [1.165, 1.54) is 140 Å². The normalized spacial score (nSPS) is 13.5. The molecule has 0 aliphatic heterocycles. The zero-order valence-corrected chi connectivity index (χ0v) is 48.7. The van der Waals surface area contributed by atoms with Crippen LogP contribution in [0.3, 0.4) is 0 Å². The van der Waals surface area contributed by atoms with E-state index < -0.39 is 5.41 Å². The summed E-state index contributed by atoms with van der Waals surface area (Å²) in [5.74, 6) is 0. The summed E-state index contributed by atoms with van der Waals surface area (Å²) in [7, 11) is 0. The first-order valence-corrected chi connectivity index (χ1v) is 31.1. The fraction of sp³-hybridized carbons (Fsp3) is 0.0488. The Morgan fingerprint density at radius 1 is 0.271 bits per heavy atom. The molecule has 0 saturated heterocycles. The lowest BCUT2D eigenvalue weighted by Crippen LogP contribution is -2.28. The van der Waals surface area contributed by atoms with Gasteiger partial charge in [-0.15, -0.1) is 22.7 Å².